The molecule has 0 spiro atoms. The standard InChI is InChI=1S/C15H13ClFNO3/c16-13-9-12(5-6-14(13)18)20-8-7-10-1-3-11(4-2-10)15(19)21-17/h1-6,9H,7-8,18H2. The van der Waals surface area contributed by atoms with E-state index in [1.807, 2.05) is 0 Å². The van der Waals surface area contributed by atoms with E-state index in [0.717, 1.165) is 5.56 Å². The predicted octanol–water partition coefficient (Wildman–Crippen LogP) is 3.59. The number of ether oxygens (including phenoxy) is 1. The topological polar surface area (TPSA) is 61.5 Å². The van der Waals surface area contributed by atoms with Crippen LogP contribution in [-0.2, 0) is 11.4 Å². The average Bonchev–Trinajstić information content (AvgIpc) is 2.51. The molecule has 6 heteroatoms. The molecule has 0 aliphatic heterocycles. The van der Waals surface area contributed by atoms with Crippen LogP contribution in [0.1, 0.15) is 15.9 Å². The lowest BCUT2D eigenvalue weighted by atomic mass is 10.1. The molecular weight excluding hydrogens is 297 g/mol. The molecule has 2 aromatic rings. The minimum Gasteiger partial charge on any atom is -0.493 e. The molecule has 0 atom stereocenters. The van der Waals surface area contributed by atoms with Crippen molar-refractivity contribution in [2.24, 2.45) is 0 Å². The van der Waals surface area contributed by atoms with Crippen molar-refractivity contribution in [1.82, 2.24) is 0 Å². The maximum absolute atomic E-state index is 11.7. The number of carbonyl (C=O) groups is 1. The maximum Gasteiger partial charge on any atom is 0.379 e. The summed E-state index contributed by atoms with van der Waals surface area (Å²) in [7, 11) is 0. The highest BCUT2D eigenvalue weighted by atomic mass is 35.5. The van der Waals surface area contributed by atoms with E-state index < -0.39 is 5.97 Å². The monoisotopic (exact) mass is 309 g/mol. The zero-order valence-electron chi connectivity index (χ0n) is 11.0. The van der Waals surface area contributed by atoms with Crippen LogP contribution in [0.5, 0.6) is 5.75 Å². The Bertz CT molecular complexity index is 631. The average molecular weight is 310 g/mol. The van der Waals surface area contributed by atoms with Gasteiger partial charge in [-0.05, 0) is 29.8 Å². The van der Waals surface area contributed by atoms with E-state index in [2.05, 4.69) is 4.94 Å². The number of hydrogen-bond acceptors (Lipinski definition) is 4. The van der Waals surface area contributed by atoms with Crippen LogP contribution in [0, 0.1) is 0 Å². The molecule has 0 aliphatic rings. The molecule has 0 unspecified atom stereocenters. The fourth-order valence-corrected chi connectivity index (χ4v) is 1.91. The van der Waals surface area contributed by atoms with Crippen molar-refractivity contribution in [3.63, 3.8) is 0 Å². The molecule has 0 aromatic heterocycles. The lowest BCUT2D eigenvalue weighted by Gasteiger charge is -2.08. The summed E-state index contributed by atoms with van der Waals surface area (Å²) in [5, 5.41) is 0.446. The Labute approximate surface area is 126 Å². The summed E-state index contributed by atoms with van der Waals surface area (Å²) in [5.41, 5.74) is 7.22. The Morgan fingerprint density at radius 3 is 2.52 bits per heavy atom. The predicted molar refractivity (Wildman–Crippen MR) is 78.0 cm³/mol. The third kappa shape index (κ3) is 4.10. The quantitative estimate of drug-likeness (QED) is 0.857. The Hall–Kier alpha value is -2.27. The summed E-state index contributed by atoms with van der Waals surface area (Å²) < 4.78 is 17.3. The van der Waals surface area contributed by atoms with E-state index >= 15 is 0 Å². The van der Waals surface area contributed by atoms with Crippen molar-refractivity contribution in [2.75, 3.05) is 12.3 Å². The Morgan fingerprint density at radius 1 is 1.19 bits per heavy atom. The van der Waals surface area contributed by atoms with E-state index in [0.29, 0.717) is 29.5 Å². The minimum absolute atomic E-state index is 0.160. The Morgan fingerprint density at radius 2 is 1.90 bits per heavy atom. The van der Waals surface area contributed by atoms with Gasteiger partial charge in [0.1, 0.15) is 5.75 Å². The summed E-state index contributed by atoms with van der Waals surface area (Å²) in [4.78, 5) is 14.1. The van der Waals surface area contributed by atoms with Crippen molar-refractivity contribution in [3.8, 4) is 5.75 Å². The molecule has 2 aromatic carbocycles. The second kappa shape index (κ2) is 6.95. The van der Waals surface area contributed by atoms with Gasteiger partial charge in [0, 0.05) is 17.0 Å². The first-order valence-corrected chi connectivity index (χ1v) is 6.57. The third-order valence-electron chi connectivity index (χ3n) is 2.89. The lowest BCUT2D eigenvalue weighted by Crippen LogP contribution is -2.03. The van der Waals surface area contributed by atoms with Crippen LogP contribution in [0.3, 0.4) is 0 Å². The molecule has 0 fully saturated rings. The first-order valence-electron chi connectivity index (χ1n) is 6.20. The molecule has 21 heavy (non-hydrogen) atoms. The van der Waals surface area contributed by atoms with E-state index in [4.69, 9.17) is 22.1 Å². The molecule has 0 bridgehead atoms. The largest absolute Gasteiger partial charge is 0.493 e. The van der Waals surface area contributed by atoms with Crippen molar-refractivity contribution < 1.29 is 19.0 Å². The second-order valence-corrected chi connectivity index (χ2v) is 4.75. The van der Waals surface area contributed by atoms with Crippen LogP contribution in [0.15, 0.2) is 42.5 Å². The van der Waals surface area contributed by atoms with Gasteiger partial charge >= 0.3 is 5.97 Å². The van der Waals surface area contributed by atoms with E-state index in [9.17, 15) is 9.32 Å². The maximum atomic E-state index is 11.7. The lowest BCUT2D eigenvalue weighted by molar-refractivity contribution is -0.0788. The number of hydrogen-bond donors (Lipinski definition) is 1. The van der Waals surface area contributed by atoms with Gasteiger partial charge < -0.3 is 10.5 Å². The van der Waals surface area contributed by atoms with Gasteiger partial charge in [-0.2, -0.15) is 0 Å². The Kier molecular flexibility index (Phi) is 5.00. The molecule has 2 rings (SSSR count). The zero-order chi connectivity index (χ0) is 15.2. The van der Waals surface area contributed by atoms with Crippen LogP contribution in [0.2, 0.25) is 5.02 Å². The fraction of sp³-hybridized carbons (Fsp3) is 0.133. The van der Waals surface area contributed by atoms with Gasteiger partial charge in [-0.25, -0.2) is 9.74 Å². The minimum atomic E-state index is -1.01. The molecule has 4 nitrogen and oxygen atoms in total. The molecule has 0 saturated carbocycles. The number of halogens is 2. The summed E-state index contributed by atoms with van der Waals surface area (Å²) in [6.45, 7) is 0.438. The summed E-state index contributed by atoms with van der Waals surface area (Å²) >= 11 is 5.89. The van der Waals surface area contributed by atoms with Gasteiger partial charge in [0.25, 0.3) is 0 Å². The number of anilines is 1. The van der Waals surface area contributed by atoms with Crippen molar-refractivity contribution >= 4 is 23.3 Å². The van der Waals surface area contributed by atoms with Gasteiger partial charge in [0.2, 0.25) is 0 Å². The molecule has 0 heterocycles. The molecule has 110 valence electrons. The summed E-state index contributed by atoms with van der Waals surface area (Å²) in [5.74, 6) is -0.374. The molecule has 0 saturated heterocycles. The number of benzene rings is 2. The molecule has 0 radical (unpaired) electrons. The van der Waals surface area contributed by atoms with E-state index in [1.165, 1.54) is 12.1 Å². The molecule has 2 N–H and O–H groups in total. The third-order valence-corrected chi connectivity index (χ3v) is 3.22. The van der Waals surface area contributed by atoms with Crippen LogP contribution < -0.4 is 10.5 Å². The first kappa shape index (κ1) is 15.1. The number of rotatable bonds is 5. The zero-order valence-corrected chi connectivity index (χ0v) is 11.8. The van der Waals surface area contributed by atoms with Crippen molar-refractivity contribution in [3.05, 3.63) is 58.6 Å². The summed E-state index contributed by atoms with van der Waals surface area (Å²) in [6, 6.07) is 11.5. The normalized spacial score (nSPS) is 10.2. The Balaban J connectivity index is 1.88. The first-order chi connectivity index (χ1) is 10.1. The number of carbonyl (C=O) groups excluding carboxylic acids is 1. The van der Waals surface area contributed by atoms with Gasteiger partial charge in [-0.1, -0.05) is 23.7 Å². The SMILES string of the molecule is Nc1ccc(OCCc2ccc(C(=O)OF)cc2)cc1Cl. The van der Waals surface area contributed by atoms with Crippen LogP contribution in [-0.4, -0.2) is 12.6 Å². The van der Waals surface area contributed by atoms with Crippen LogP contribution in [0.25, 0.3) is 0 Å². The highest BCUT2D eigenvalue weighted by Gasteiger charge is 2.07. The second-order valence-electron chi connectivity index (χ2n) is 4.34. The number of nitrogen functional groups attached to an aromatic ring is 1. The highest BCUT2D eigenvalue weighted by molar-refractivity contribution is 6.33. The molecule has 0 aliphatic carbocycles. The van der Waals surface area contributed by atoms with Gasteiger partial charge in [0.15, 0.2) is 0 Å². The van der Waals surface area contributed by atoms with Gasteiger partial charge in [-0.3, -0.25) is 0 Å². The van der Waals surface area contributed by atoms with Crippen LogP contribution >= 0.6 is 11.6 Å². The smallest absolute Gasteiger partial charge is 0.379 e. The van der Waals surface area contributed by atoms with Crippen LogP contribution in [0.4, 0.5) is 10.2 Å². The molecule has 0 amide bonds. The van der Waals surface area contributed by atoms with Crippen molar-refractivity contribution in [2.45, 2.75) is 6.42 Å². The summed E-state index contributed by atoms with van der Waals surface area (Å²) in [6.07, 6.45) is 0.632. The van der Waals surface area contributed by atoms with Gasteiger partial charge in [-0.15, -0.1) is 0 Å². The van der Waals surface area contributed by atoms with Gasteiger partial charge in [0.05, 0.1) is 22.9 Å². The molecular formula is C15H13ClFNO3. The van der Waals surface area contributed by atoms with E-state index in [1.54, 1.807) is 30.3 Å². The fourth-order valence-electron chi connectivity index (χ4n) is 1.74. The van der Waals surface area contributed by atoms with Crippen molar-refractivity contribution in [1.29, 1.82) is 0 Å². The number of nitrogens with two attached hydrogens (primary N) is 1. The highest BCUT2D eigenvalue weighted by Crippen LogP contribution is 2.24. The van der Waals surface area contributed by atoms with E-state index in [-0.39, 0.29) is 5.56 Å².